The Morgan fingerprint density at radius 2 is 1.90 bits per heavy atom. The van der Waals surface area contributed by atoms with Crippen molar-refractivity contribution in [1.82, 2.24) is 0 Å². The number of hydrogen-bond acceptors (Lipinski definition) is 6. The molecule has 0 saturated carbocycles. The van der Waals surface area contributed by atoms with E-state index in [1.54, 1.807) is 6.92 Å². The predicted octanol–water partition coefficient (Wildman–Crippen LogP) is 2.62. The summed E-state index contributed by atoms with van der Waals surface area (Å²) < 4.78 is 10.1. The molecule has 110 valence electrons. The summed E-state index contributed by atoms with van der Waals surface area (Å²) in [5.74, 6) is -1.23. The highest BCUT2D eigenvalue weighted by molar-refractivity contribution is 6.11. The number of carbonyl (C=O) groups is 2. The molecule has 0 amide bonds. The summed E-state index contributed by atoms with van der Waals surface area (Å²) in [6, 6.07) is 6.84. The van der Waals surface area contributed by atoms with Gasteiger partial charge in [-0.15, -0.1) is 0 Å². The number of rotatable bonds is 8. The van der Waals surface area contributed by atoms with Gasteiger partial charge in [0.25, 0.3) is 0 Å². The van der Waals surface area contributed by atoms with Gasteiger partial charge >= 0.3 is 5.97 Å². The minimum absolute atomic E-state index is 0.00352. The highest BCUT2D eigenvalue weighted by atomic mass is 16.5. The van der Waals surface area contributed by atoms with Crippen molar-refractivity contribution < 1.29 is 18.7 Å². The summed E-state index contributed by atoms with van der Waals surface area (Å²) in [5, 5.41) is 17.6. The average Bonchev–Trinajstić information content (AvgIpc) is 3.01. The van der Waals surface area contributed by atoms with Gasteiger partial charge in [0.2, 0.25) is 5.78 Å². The molecule has 0 radical (unpaired) electrons. The maximum Gasteiger partial charge on any atom is 0.320 e. The minimum atomic E-state index is -1.54. The zero-order valence-corrected chi connectivity index (χ0v) is 11.8. The Balaban J connectivity index is 3.21. The molecular formula is C15H16N2O4. The van der Waals surface area contributed by atoms with Crippen molar-refractivity contribution in [2.75, 3.05) is 6.61 Å². The lowest BCUT2D eigenvalue weighted by Crippen LogP contribution is -2.41. The zero-order valence-electron chi connectivity index (χ0n) is 11.8. The van der Waals surface area contributed by atoms with Crippen LogP contribution in [0.4, 0.5) is 0 Å². The smallest absolute Gasteiger partial charge is 0.320 e. The molecule has 0 fully saturated rings. The average molecular weight is 288 g/mol. The summed E-state index contributed by atoms with van der Waals surface area (Å²) in [6.45, 7) is 1.75. The maximum absolute atomic E-state index is 12.6. The van der Waals surface area contributed by atoms with Gasteiger partial charge in [0.15, 0.2) is 5.76 Å². The molecule has 0 aliphatic carbocycles. The highest BCUT2D eigenvalue weighted by Gasteiger charge is 2.47. The van der Waals surface area contributed by atoms with Gasteiger partial charge in [0, 0.05) is 12.8 Å². The lowest BCUT2D eigenvalue weighted by atomic mass is 9.74. The van der Waals surface area contributed by atoms with E-state index in [2.05, 4.69) is 0 Å². The van der Waals surface area contributed by atoms with E-state index in [0.717, 1.165) is 0 Å². The number of Topliss-reactive ketones (excluding diaryl/α,β-unsaturated/α-hetero) is 1. The maximum atomic E-state index is 12.6. The van der Waals surface area contributed by atoms with Gasteiger partial charge in [0.05, 0.1) is 25.0 Å². The molecule has 1 rings (SSSR count). The lowest BCUT2D eigenvalue weighted by Gasteiger charge is -2.27. The molecule has 0 saturated heterocycles. The van der Waals surface area contributed by atoms with Gasteiger partial charge in [-0.25, -0.2) is 0 Å². The largest absolute Gasteiger partial charge is 0.465 e. The first-order valence-electron chi connectivity index (χ1n) is 6.61. The molecule has 0 unspecified atom stereocenters. The number of esters is 1. The molecule has 6 heteroatoms. The van der Waals surface area contributed by atoms with Crippen molar-refractivity contribution in [3.63, 3.8) is 0 Å². The van der Waals surface area contributed by atoms with Crippen LogP contribution in [0.1, 0.15) is 43.2 Å². The van der Waals surface area contributed by atoms with Crippen molar-refractivity contribution >= 4 is 11.8 Å². The summed E-state index contributed by atoms with van der Waals surface area (Å²) in [6.07, 6.45) is 1.36. The molecule has 1 aromatic rings. The third-order valence-electron chi connectivity index (χ3n) is 3.17. The van der Waals surface area contributed by atoms with E-state index in [9.17, 15) is 9.59 Å². The van der Waals surface area contributed by atoms with Crippen molar-refractivity contribution in [1.29, 1.82) is 10.5 Å². The number of carbonyl (C=O) groups excluding carboxylic acids is 2. The van der Waals surface area contributed by atoms with Crippen LogP contribution in [0.2, 0.25) is 0 Å². The Kier molecular flexibility index (Phi) is 6.16. The molecule has 6 nitrogen and oxygen atoms in total. The van der Waals surface area contributed by atoms with E-state index in [0.29, 0.717) is 0 Å². The topological polar surface area (TPSA) is 104 Å². The van der Waals surface area contributed by atoms with Crippen molar-refractivity contribution in [2.24, 2.45) is 5.41 Å². The Bertz CT molecular complexity index is 545. The highest BCUT2D eigenvalue weighted by Crippen LogP contribution is 2.35. The molecule has 0 atom stereocenters. The monoisotopic (exact) mass is 288 g/mol. The minimum Gasteiger partial charge on any atom is -0.465 e. The van der Waals surface area contributed by atoms with Crippen molar-refractivity contribution in [2.45, 2.75) is 32.6 Å². The van der Waals surface area contributed by atoms with E-state index in [1.165, 1.54) is 18.4 Å². The molecule has 21 heavy (non-hydrogen) atoms. The van der Waals surface area contributed by atoms with Crippen LogP contribution in [0.3, 0.4) is 0 Å². The van der Waals surface area contributed by atoms with E-state index in [4.69, 9.17) is 19.7 Å². The first kappa shape index (κ1) is 16.5. The SMILES string of the molecule is CCOC(=O)C(CCC#N)(CCC#N)C(=O)c1ccco1. The number of ketones is 1. The van der Waals surface area contributed by atoms with E-state index < -0.39 is 17.2 Å². The third kappa shape index (κ3) is 3.70. The van der Waals surface area contributed by atoms with Crippen LogP contribution in [0.15, 0.2) is 22.8 Å². The number of ether oxygens (including phenoxy) is 1. The Morgan fingerprint density at radius 3 is 2.33 bits per heavy atom. The third-order valence-corrected chi connectivity index (χ3v) is 3.17. The molecule has 0 aromatic carbocycles. The Morgan fingerprint density at radius 1 is 1.29 bits per heavy atom. The van der Waals surface area contributed by atoms with Crippen LogP contribution in [-0.2, 0) is 9.53 Å². The lowest BCUT2D eigenvalue weighted by molar-refractivity contribution is -0.153. The van der Waals surface area contributed by atoms with E-state index in [1.807, 2.05) is 12.1 Å². The molecule has 0 aliphatic rings. The molecule has 1 heterocycles. The standard InChI is InChI=1S/C15H16N2O4/c1-2-20-14(19)15(7-4-9-16,8-5-10-17)13(18)12-6-3-11-21-12/h3,6,11H,2,4-5,7-8H2,1H3. The quantitative estimate of drug-likeness (QED) is 0.413. The fourth-order valence-corrected chi connectivity index (χ4v) is 2.10. The van der Waals surface area contributed by atoms with E-state index in [-0.39, 0.29) is 38.1 Å². The molecule has 0 spiro atoms. The van der Waals surface area contributed by atoms with Crippen LogP contribution < -0.4 is 0 Å². The predicted molar refractivity (Wildman–Crippen MR) is 71.8 cm³/mol. The molecular weight excluding hydrogens is 272 g/mol. The molecule has 0 N–H and O–H groups in total. The second kappa shape index (κ2) is 7.86. The fourth-order valence-electron chi connectivity index (χ4n) is 2.10. The van der Waals surface area contributed by atoms with Crippen LogP contribution in [0.5, 0.6) is 0 Å². The van der Waals surface area contributed by atoms with Crippen molar-refractivity contribution in [3.8, 4) is 12.1 Å². The summed E-state index contributed by atoms with van der Waals surface area (Å²) >= 11 is 0. The number of nitrogens with zero attached hydrogens (tertiary/aromatic N) is 2. The van der Waals surface area contributed by atoms with Gasteiger partial charge in [-0.3, -0.25) is 9.59 Å². The molecule has 0 aliphatic heterocycles. The van der Waals surface area contributed by atoms with Crippen LogP contribution in [0, 0.1) is 28.1 Å². The molecule has 0 bridgehead atoms. The van der Waals surface area contributed by atoms with Crippen molar-refractivity contribution in [3.05, 3.63) is 24.2 Å². The number of furan rings is 1. The summed E-state index contributed by atoms with van der Waals surface area (Å²) in [4.78, 5) is 25.0. The Labute approximate surface area is 122 Å². The fraction of sp³-hybridized carbons (Fsp3) is 0.467. The van der Waals surface area contributed by atoms with Crippen LogP contribution in [0.25, 0.3) is 0 Å². The normalized spacial score (nSPS) is 10.4. The summed E-state index contributed by atoms with van der Waals surface area (Å²) in [7, 11) is 0. The number of nitriles is 2. The second-order valence-corrected chi connectivity index (χ2v) is 4.43. The van der Waals surface area contributed by atoms with Gasteiger partial charge in [-0.1, -0.05) is 0 Å². The zero-order chi connectivity index (χ0) is 15.7. The van der Waals surface area contributed by atoms with Gasteiger partial charge in [-0.05, 0) is 31.9 Å². The molecule has 1 aromatic heterocycles. The first-order chi connectivity index (χ1) is 10.1. The first-order valence-corrected chi connectivity index (χ1v) is 6.61. The second-order valence-electron chi connectivity index (χ2n) is 4.43. The number of hydrogen-bond donors (Lipinski definition) is 0. The van der Waals surface area contributed by atoms with Gasteiger partial charge in [-0.2, -0.15) is 10.5 Å². The summed E-state index contributed by atoms with van der Waals surface area (Å²) in [5.41, 5.74) is -1.54. The van der Waals surface area contributed by atoms with Gasteiger partial charge in [0.1, 0.15) is 5.41 Å². The van der Waals surface area contributed by atoms with Gasteiger partial charge < -0.3 is 9.15 Å². The Hall–Kier alpha value is -2.60. The van der Waals surface area contributed by atoms with Crippen LogP contribution in [-0.4, -0.2) is 18.4 Å². The van der Waals surface area contributed by atoms with Crippen LogP contribution >= 0.6 is 0 Å². The van der Waals surface area contributed by atoms with E-state index >= 15 is 0 Å².